The summed E-state index contributed by atoms with van der Waals surface area (Å²) in [4.78, 5) is 96.3. The predicted octanol–water partition coefficient (Wildman–Crippen LogP) is 5.00. The number of aromatic nitrogens is 8. The highest BCUT2D eigenvalue weighted by molar-refractivity contribution is 6.01. The number of likely N-dealkylation sites (tertiary alicyclic amines) is 1. The van der Waals surface area contributed by atoms with Crippen molar-refractivity contribution < 1.29 is 57.6 Å². The fourth-order valence-corrected chi connectivity index (χ4v) is 10.3. The van der Waals surface area contributed by atoms with Gasteiger partial charge in [0.1, 0.15) is 48.1 Å². The van der Waals surface area contributed by atoms with Crippen LogP contribution >= 0.6 is 0 Å². The van der Waals surface area contributed by atoms with Crippen LogP contribution in [0.25, 0.3) is 11.1 Å². The molecule has 2 aromatic carbocycles. The van der Waals surface area contributed by atoms with Crippen molar-refractivity contribution in [1.29, 1.82) is 0 Å². The highest BCUT2D eigenvalue weighted by Gasteiger charge is 2.48. The van der Waals surface area contributed by atoms with Crippen molar-refractivity contribution in [2.24, 2.45) is 23.2 Å². The largest absolute Gasteiger partial charge is 0.484 e. The molecule has 9 rings (SSSR count). The Morgan fingerprint density at radius 3 is 2.29 bits per heavy atom. The van der Waals surface area contributed by atoms with E-state index in [1.165, 1.54) is 23.0 Å². The molecule has 4 aromatic heterocycles. The lowest BCUT2D eigenvalue weighted by Crippen LogP contribution is -2.56. The van der Waals surface area contributed by atoms with Gasteiger partial charge in [-0.2, -0.15) is 10.2 Å². The molecular weight excluding hydrogens is 1120 g/mol. The molecule has 0 radical (unpaired) electrons. The van der Waals surface area contributed by atoms with Gasteiger partial charge in [-0.25, -0.2) is 14.5 Å². The quantitative estimate of drug-likeness (QED) is 0.0273. The molecule has 2 aliphatic carbocycles. The summed E-state index contributed by atoms with van der Waals surface area (Å²) in [7, 11) is 0. The molecule has 2 atom stereocenters. The summed E-state index contributed by atoms with van der Waals surface area (Å²) >= 11 is 0. The number of aromatic amines is 1. The first-order valence-electron chi connectivity index (χ1n) is 29.4. The second kappa shape index (κ2) is 28.9. The maximum absolute atomic E-state index is 14.0. The number of carboxylic acids is 1. The van der Waals surface area contributed by atoms with E-state index in [0.29, 0.717) is 79.4 Å². The SMILES string of the molecule is Cc1n[nH]c(C)c1-c1ccc(NC(=O)[C@@H](NC(=O)c2ccnn2CCCNC(=O)Cn2cc(COCC(=O)N3CC(OCCNC(=O)COc4cccc(Oc5ccc(C(=O)N[C@@H](CCC(C)(C)C)C(=O)O)cn5)c4)C3)nn2)C(C2CC2)C2CC2)cc1. The third kappa shape index (κ3) is 18.2. The molecule has 7 N–H and O–H groups in total. The number of carbonyl (C=O) groups is 7. The molecule has 2 saturated carbocycles. The Kier molecular flexibility index (Phi) is 20.8. The van der Waals surface area contributed by atoms with E-state index in [4.69, 9.17) is 18.9 Å². The summed E-state index contributed by atoms with van der Waals surface area (Å²) in [5, 5.41) is 43.7. The van der Waals surface area contributed by atoms with E-state index in [2.05, 4.69) is 57.2 Å². The van der Waals surface area contributed by atoms with Crippen LogP contribution in [0.4, 0.5) is 5.69 Å². The number of hydrogen-bond donors (Lipinski definition) is 7. The number of hydrogen-bond acceptors (Lipinski definition) is 16. The Morgan fingerprint density at radius 1 is 0.851 bits per heavy atom. The highest BCUT2D eigenvalue weighted by Crippen LogP contribution is 2.51. The number of nitrogens with zero attached hydrogens (tertiary/aromatic N) is 8. The van der Waals surface area contributed by atoms with Crippen LogP contribution in [-0.4, -0.2) is 156 Å². The minimum Gasteiger partial charge on any atom is -0.484 e. The number of carboxylic acid groups (broad SMARTS) is 1. The van der Waals surface area contributed by atoms with Gasteiger partial charge < -0.3 is 55.5 Å². The number of pyridine rings is 1. The Hall–Kier alpha value is -9.04. The molecule has 26 heteroatoms. The van der Waals surface area contributed by atoms with Crippen molar-refractivity contribution >= 4 is 47.1 Å². The number of amides is 6. The number of benzene rings is 2. The molecular formula is C61H76N14O12. The van der Waals surface area contributed by atoms with Crippen molar-refractivity contribution in [3.8, 4) is 28.5 Å². The van der Waals surface area contributed by atoms with Gasteiger partial charge in [-0.3, -0.25) is 38.5 Å². The predicted molar refractivity (Wildman–Crippen MR) is 315 cm³/mol. The lowest BCUT2D eigenvalue weighted by molar-refractivity contribution is -0.150. The number of aryl methyl sites for hydroxylation is 3. The van der Waals surface area contributed by atoms with Gasteiger partial charge in [-0.1, -0.05) is 44.2 Å². The zero-order valence-electron chi connectivity index (χ0n) is 49.6. The Morgan fingerprint density at radius 2 is 1.60 bits per heavy atom. The van der Waals surface area contributed by atoms with Crippen LogP contribution in [-0.2, 0) is 53.1 Å². The van der Waals surface area contributed by atoms with Gasteiger partial charge >= 0.3 is 5.97 Å². The van der Waals surface area contributed by atoms with Gasteiger partial charge in [0.15, 0.2) is 6.61 Å². The molecule has 0 bridgehead atoms. The first kappa shape index (κ1) is 62.5. The smallest absolute Gasteiger partial charge is 0.326 e. The van der Waals surface area contributed by atoms with Crippen molar-refractivity contribution in [3.63, 3.8) is 0 Å². The molecule has 6 aromatic rings. The Labute approximate surface area is 503 Å². The third-order valence-electron chi connectivity index (χ3n) is 15.2. The average Bonchev–Trinajstić information content (AvgIpc) is 2.10. The van der Waals surface area contributed by atoms with Crippen LogP contribution in [0.1, 0.15) is 104 Å². The van der Waals surface area contributed by atoms with Crippen LogP contribution in [0.3, 0.4) is 0 Å². The van der Waals surface area contributed by atoms with Crippen LogP contribution in [0.2, 0.25) is 0 Å². The van der Waals surface area contributed by atoms with Crippen molar-refractivity contribution in [2.75, 3.05) is 51.3 Å². The highest BCUT2D eigenvalue weighted by atomic mass is 16.5. The minimum absolute atomic E-state index is 0.00430. The standard InChI is InChI=1S/C61H76N14O12/c1-37-54(38(2)70-69-37)39-14-17-43(18-15-39)66-59(81)56(55(40-10-11-40)41-12-13-41)68-58(80)49-21-24-65-75(49)26-7-23-62-50(76)33-74-30-44(71-72-74)34-84-36-53(78)73-31-47(32-73)85-27-25-63-51(77)35-86-45-8-6-9-46(28-45)87-52-19-16-42(29-64-52)57(79)67-48(60(82)83)20-22-61(3,4)5/h6,8-9,14-19,21,24,28-30,40-41,47-48,55-56H,7,10-13,20,22-23,25-27,31-36H2,1-5H3,(H,62,76)(H,63,77)(H,66,81)(H,67,79)(H,68,80)(H,69,70)(H,82,83)/t48-,56-/m0/s1. The van der Waals surface area contributed by atoms with Crippen LogP contribution in [0, 0.1) is 37.0 Å². The number of carbonyl (C=O) groups excluding carboxylic acids is 6. The maximum atomic E-state index is 14.0. The minimum atomic E-state index is -1.11. The number of nitrogens with one attached hydrogen (secondary N) is 6. The van der Waals surface area contributed by atoms with E-state index in [1.54, 1.807) is 52.3 Å². The summed E-state index contributed by atoms with van der Waals surface area (Å²) < 4.78 is 25.8. The van der Waals surface area contributed by atoms with Gasteiger partial charge in [0.2, 0.25) is 23.6 Å². The summed E-state index contributed by atoms with van der Waals surface area (Å²) in [6, 6.07) is 17.1. The zero-order chi connectivity index (χ0) is 61.6. The van der Waals surface area contributed by atoms with E-state index in [1.807, 2.05) is 58.9 Å². The molecule has 0 unspecified atom stereocenters. The second-order valence-corrected chi connectivity index (χ2v) is 23.5. The van der Waals surface area contributed by atoms with Crippen molar-refractivity contribution in [2.45, 2.75) is 117 Å². The molecule has 87 heavy (non-hydrogen) atoms. The topological polar surface area (TPSA) is 330 Å². The molecule has 1 aliphatic heterocycles. The number of aliphatic carboxylic acids is 1. The van der Waals surface area contributed by atoms with Crippen LogP contribution in [0.5, 0.6) is 17.4 Å². The normalized spacial score (nSPS) is 14.8. The number of ether oxygens (including phenoxy) is 4. The molecule has 462 valence electrons. The summed E-state index contributed by atoms with van der Waals surface area (Å²) in [6.45, 7) is 11.2. The van der Waals surface area contributed by atoms with E-state index in [9.17, 15) is 38.7 Å². The van der Waals surface area contributed by atoms with E-state index in [-0.39, 0.29) is 104 Å². The second-order valence-electron chi connectivity index (χ2n) is 23.5. The van der Waals surface area contributed by atoms with E-state index in [0.717, 1.165) is 48.2 Å². The Balaban J connectivity index is 0.610. The molecule has 3 aliphatic rings. The van der Waals surface area contributed by atoms with E-state index < -0.39 is 24.0 Å². The average molecular weight is 1200 g/mol. The zero-order valence-corrected chi connectivity index (χ0v) is 49.6. The Bertz CT molecular complexity index is 3330. The fourth-order valence-electron chi connectivity index (χ4n) is 10.3. The van der Waals surface area contributed by atoms with Crippen molar-refractivity contribution in [1.82, 2.24) is 66.1 Å². The van der Waals surface area contributed by atoms with Gasteiger partial charge in [0, 0.05) is 74.2 Å². The first-order chi connectivity index (χ1) is 41.8. The summed E-state index contributed by atoms with van der Waals surface area (Å²) in [5.41, 5.74) is 5.38. The molecule has 0 spiro atoms. The maximum Gasteiger partial charge on any atom is 0.326 e. The number of anilines is 1. The van der Waals surface area contributed by atoms with Gasteiger partial charge in [0.25, 0.3) is 17.7 Å². The lowest BCUT2D eigenvalue weighted by atomic mass is 9.88. The number of H-pyrrole nitrogens is 1. The summed E-state index contributed by atoms with van der Waals surface area (Å²) in [6.07, 6.45) is 9.74. The molecule has 1 saturated heterocycles. The van der Waals surface area contributed by atoms with Crippen LogP contribution in [0.15, 0.2) is 85.3 Å². The van der Waals surface area contributed by atoms with Crippen molar-refractivity contribution in [3.05, 3.63) is 114 Å². The molecule has 3 fully saturated rings. The molecule has 26 nitrogen and oxygen atoms in total. The first-order valence-corrected chi connectivity index (χ1v) is 29.4. The van der Waals surface area contributed by atoms with Gasteiger partial charge in [-0.15, -0.1) is 5.10 Å². The van der Waals surface area contributed by atoms with Gasteiger partial charge in [0.05, 0.1) is 36.8 Å². The van der Waals surface area contributed by atoms with E-state index >= 15 is 0 Å². The monoisotopic (exact) mass is 1200 g/mol. The molecule has 5 heterocycles. The fraction of sp³-hybridized carbons (Fsp3) is 0.475. The lowest BCUT2D eigenvalue weighted by Gasteiger charge is -2.38. The number of rotatable bonds is 32. The summed E-state index contributed by atoms with van der Waals surface area (Å²) in [5.74, 6) is -1.46. The van der Waals surface area contributed by atoms with Gasteiger partial charge in [-0.05, 0) is 124 Å². The third-order valence-corrected chi connectivity index (χ3v) is 15.2. The molecule has 6 amide bonds. The van der Waals surface area contributed by atoms with Crippen LogP contribution < -0.4 is 36.1 Å².